The molecule has 0 atom stereocenters. The number of para-hydroxylation sites is 1. The summed E-state index contributed by atoms with van der Waals surface area (Å²) in [6.07, 6.45) is 1.19. The van der Waals surface area contributed by atoms with E-state index in [1.165, 1.54) is 19.2 Å². The Labute approximate surface area is 164 Å². The van der Waals surface area contributed by atoms with Gasteiger partial charge in [0.05, 0.1) is 11.4 Å². The Bertz CT molecular complexity index is 931. The number of nitrogens with zero attached hydrogens (tertiary/aromatic N) is 2. The average molecular weight is 406 g/mol. The monoisotopic (exact) mass is 406 g/mol. The molecule has 0 fully saturated rings. The molecule has 0 N–H and O–H groups in total. The van der Waals surface area contributed by atoms with Crippen LogP contribution in [0.25, 0.3) is 0 Å². The van der Waals surface area contributed by atoms with Crippen molar-refractivity contribution in [2.75, 3.05) is 38.3 Å². The zero-order valence-corrected chi connectivity index (χ0v) is 16.5. The van der Waals surface area contributed by atoms with Crippen LogP contribution < -0.4 is 4.90 Å². The van der Waals surface area contributed by atoms with Crippen LogP contribution in [-0.4, -0.2) is 52.0 Å². The second-order valence-electron chi connectivity index (χ2n) is 6.56. The number of benzene rings is 2. The third kappa shape index (κ3) is 4.40. The molecule has 0 spiro atoms. The average Bonchev–Trinajstić information content (AvgIpc) is 3.12. The number of amides is 1. The van der Waals surface area contributed by atoms with Crippen LogP contribution in [0.15, 0.2) is 53.4 Å². The highest BCUT2D eigenvalue weighted by atomic mass is 32.2. The van der Waals surface area contributed by atoms with Crippen molar-refractivity contribution in [3.8, 4) is 0 Å². The van der Waals surface area contributed by atoms with E-state index in [0.29, 0.717) is 19.6 Å². The highest BCUT2D eigenvalue weighted by Crippen LogP contribution is 2.28. The molecular formula is C20H23FN2O4S. The Balaban J connectivity index is 1.82. The second-order valence-corrected chi connectivity index (χ2v) is 8.50. The van der Waals surface area contributed by atoms with Crippen molar-refractivity contribution in [3.05, 3.63) is 59.9 Å². The lowest BCUT2D eigenvalue weighted by atomic mass is 10.2. The van der Waals surface area contributed by atoms with Crippen LogP contribution in [-0.2, 0) is 26.0 Å². The molecule has 1 amide bonds. The van der Waals surface area contributed by atoms with Gasteiger partial charge in [0.15, 0.2) is 0 Å². The number of fused-ring (bicyclic) bond motifs is 1. The van der Waals surface area contributed by atoms with Crippen molar-refractivity contribution >= 4 is 21.6 Å². The van der Waals surface area contributed by atoms with Crippen LogP contribution in [0, 0.1) is 5.82 Å². The fourth-order valence-electron chi connectivity index (χ4n) is 3.26. The molecule has 0 aliphatic carbocycles. The summed E-state index contributed by atoms with van der Waals surface area (Å²) in [4.78, 5) is 14.5. The first-order chi connectivity index (χ1) is 13.4. The van der Waals surface area contributed by atoms with Gasteiger partial charge in [-0.15, -0.1) is 0 Å². The number of hydrogen-bond donors (Lipinski definition) is 0. The van der Waals surface area contributed by atoms with Crippen molar-refractivity contribution in [2.24, 2.45) is 0 Å². The van der Waals surface area contributed by atoms with Crippen LogP contribution in [0.2, 0.25) is 0 Å². The maximum absolute atomic E-state index is 13.2. The zero-order chi connectivity index (χ0) is 20.1. The van der Waals surface area contributed by atoms with Crippen molar-refractivity contribution in [1.29, 1.82) is 0 Å². The van der Waals surface area contributed by atoms with Gasteiger partial charge in [0, 0.05) is 32.5 Å². The largest absolute Gasteiger partial charge is 0.385 e. The van der Waals surface area contributed by atoms with Crippen LogP contribution in [0.1, 0.15) is 12.0 Å². The van der Waals surface area contributed by atoms with Gasteiger partial charge in [-0.3, -0.25) is 4.79 Å². The maximum Gasteiger partial charge on any atom is 0.243 e. The number of halogens is 1. The Hall–Kier alpha value is -2.29. The van der Waals surface area contributed by atoms with E-state index in [-0.39, 0.29) is 23.9 Å². The highest BCUT2D eigenvalue weighted by molar-refractivity contribution is 7.89. The Kier molecular flexibility index (Phi) is 6.43. The topological polar surface area (TPSA) is 66.9 Å². The summed E-state index contributed by atoms with van der Waals surface area (Å²) in [5, 5.41) is 0. The molecule has 2 aromatic rings. The fraction of sp³-hybridized carbons (Fsp3) is 0.350. The molecule has 3 rings (SSSR count). The summed E-state index contributed by atoms with van der Waals surface area (Å²) in [6.45, 7) is 0.753. The van der Waals surface area contributed by atoms with Crippen molar-refractivity contribution < 1.29 is 22.3 Å². The first-order valence-corrected chi connectivity index (χ1v) is 10.5. The summed E-state index contributed by atoms with van der Waals surface area (Å²) in [5.74, 6) is -0.803. The molecule has 0 unspecified atom stereocenters. The third-order valence-corrected chi connectivity index (χ3v) is 6.57. The molecule has 0 aromatic heterocycles. The fourth-order valence-corrected chi connectivity index (χ4v) is 4.69. The van der Waals surface area contributed by atoms with Gasteiger partial charge in [-0.25, -0.2) is 12.8 Å². The van der Waals surface area contributed by atoms with Gasteiger partial charge < -0.3 is 9.64 Å². The van der Waals surface area contributed by atoms with E-state index in [2.05, 4.69) is 0 Å². The molecule has 28 heavy (non-hydrogen) atoms. The molecule has 6 nitrogen and oxygen atoms in total. The normalized spacial score (nSPS) is 13.8. The van der Waals surface area contributed by atoms with Crippen LogP contribution in [0.5, 0.6) is 0 Å². The van der Waals surface area contributed by atoms with Crippen LogP contribution in [0.4, 0.5) is 10.1 Å². The second kappa shape index (κ2) is 8.81. The van der Waals surface area contributed by atoms with E-state index in [4.69, 9.17) is 4.74 Å². The molecule has 150 valence electrons. The molecule has 1 aliphatic rings. The highest BCUT2D eigenvalue weighted by Gasteiger charge is 2.31. The molecule has 0 saturated heterocycles. The summed E-state index contributed by atoms with van der Waals surface area (Å²) >= 11 is 0. The predicted octanol–water partition coefficient (Wildman–Crippen LogP) is 2.44. The lowest BCUT2D eigenvalue weighted by Crippen LogP contribution is -2.43. The van der Waals surface area contributed by atoms with E-state index in [0.717, 1.165) is 34.1 Å². The number of hydrogen-bond acceptors (Lipinski definition) is 4. The standard InChI is InChI=1S/C20H23FN2O4S/c1-27-14-4-12-22(28(25,26)18-9-7-17(21)8-10-18)15-20(24)23-13-11-16-5-2-3-6-19(16)23/h2-3,5-10H,4,11-15H2,1H3. The Morgan fingerprint density at radius 3 is 2.61 bits per heavy atom. The van der Waals surface area contributed by atoms with E-state index in [1.807, 2.05) is 24.3 Å². The molecular weight excluding hydrogens is 383 g/mol. The minimum atomic E-state index is -3.94. The van der Waals surface area contributed by atoms with Gasteiger partial charge in [-0.1, -0.05) is 18.2 Å². The number of carbonyl (C=O) groups is 1. The molecule has 1 heterocycles. The predicted molar refractivity (Wildman–Crippen MR) is 104 cm³/mol. The van der Waals surface area contributed by atoms with Crippen LogP contribution >= 0.6 is 0 Å². The summed E-state index contributed by atoms with van der Waals surface area (Å²) in [5.41, 5.74) is 1.90. The number of anilines is 1. The molecule has 8 heteroatoms. The molecule has 2 aromatic carbocycles. The van der Waals surface area contributed by atoms with Gasteiger partial charge in [0.25, 0.3) is 0 Å². The minimum absolute atomic E-state index is 0.0408. The van der Waals surface area contributed by atoms with Crippen molar-refractivity contribution in [3.63, 3.8) is 0 Å². The summed E-state index contributed by atoms with van der Waals surface area (Å²) in [7, 11) is -2.40. The number of carbonyl (C=O) groups excluding carboxylic acids is 1. The smallest absolute Gasteiger partial charge is 0.243 e. The van der Waals surface area contributed by atoms with Gasteiger partial charge in [0.1, 0.15) is 5.82 Å². The lowest BCUT2D eigenvalue weighted by molar-refractivity contribution is -0.118. The zero-order valence-electron chi connectivity index (χ0n) is 15.7. The molecule has 0 bridgehead atoms. The van der Waals surface area contributed by atoms with Crippen LogP contribution in [0.3, 0.4) is 0 Å². The van der Waals surface area contributed by atoms with Crippen molar-refractivity contribution in [2.45, 2.75) is 17.7 Å². The first-order valence-electron chi connectivity index (χ1n) is 9.06. The SMILES string of the molecule is COCCCN(CC(=O)N1CCc2ccccc21)S(=O)(=O)c1ccc(F)cc1. The molecule has 0 radical (unpaired) electrons. The molecule has 0 saturated carbocycles. The summed E-state index contributed by atoms with van der Waals surface area (Å²) < 4.78 is 45.4. The molecule has 1 aliphatic heterocycles. The summed E-state index contributed by atoms with van der Waals surface area (Å²) in [6, 6.07) is 12.2. The van der Waals surface area contributed by atoms with Gasteiger partial charge in [-0.05, 0) is 48.7 Å². The Morgan fingerprint density at radius 1 is 1.18 bits per heavy atom. The van der Waals surface area contributed by atoms with E-state index in [9.17, 15) is 17.6 Å². The number of rotatable bonds is 8. The first kappa shape index (κ1) is 20.4. The van der Waals surface area contributed by atoms with E-state index >= 15 is 0 Å². The van der Waals surface area contributed by atoms with Gasteiger partial charge >= 0.3 is 0 Å². The third-order valence-electron chi connectivity index (χ3n) is 4.71. The Morgan fingerprint density at radius 2 is 1.89 bits per heavy atom. The quantitative estimate of drug-likeness (QED) is 0.632. The minimum Gasteiger partial charge on any atom is -0.385 e. The van der Waals surface area contributed by atoms with E-state index < -0.39 is 15.8 Å². The number of sulfonamides is 1. The lowest BCUT2D eigenvalue weighted by Gasteiger charge is -2.25. The van der Waals surface area contributed by atoms with Gasteiger partial charge in [0.2, 0.25) is 15.9 Å². The van der Waals surface area contributed by atoms with Crippen molar-refractivity contribution in [1.82, 2.24) is 4.31 Å². The number of methoxy groups -OCH3 is 1. The van der Waals surface area contributed by atoms with Gasteiger partial charge in [-0.2, -0.15) is 4.31 Å². The van der Waals surface area contributed by atoms with E-state index in [1.54, 1.807) is 4.90 Å². The maximum atomic E-state index is 13.2. The number of ether oxygens (including phenoxy) is 1.